The molecule has 3 aromatic rings. The van der Waals surface area contributed by atoms with E-state index in [1.165, 1.54) is 0 Å². The summed E-state index contributed by atoms with van der Waals surface area (Å²) in [6, 6.07) is 12.9. The number of hydrogen-bond acceptors (Lipinski definition) is 5. The number of aromatic nitrogens is 1. The number of aliphatic carboxylic acids is 1. The molecule has 2 amide bonds. The van der Waals surface area contributed by atoms with Gasteiger partial charge in [0.1, 0.15) is 12.6 Å². The Bertz CT molecular complexity index is 1430. The number of halogens is 4. The van der Waals surface area contributed by atoms with Crippen LogP contribution in [0.5, 0.6) is 0 Å². The van der Waals surface area contributed by atoms with Crippen molar-refractivity contribution in [2.75, 3.05) is 45.3 Å². The van der Waals surface area contributed by atoms with Gasteiger partial charge < -0.3 is 29.9 Å². The van der Waals surface area contributed by atoms with E-state index in [2.05, 4.69) is 15.2 Å². The molecule has 0 fully saturated rings. The normalized spacial score (nSPS) is 16.2. The van der Waals surface area contributed by atoms with Gasteiger partial charge in [0, 0.05) is 53.4 Å². The number of hydrogen-bond donors (Lipinski definition) is 3. The van der Waals surface area contributed by atoms with Crippen LogP contribution in [0.4, 0.5) is 18.9 Å². The van der Waals surface area contributed by atoms with E-state index in [4.69, 9.17) is 26.2 Å². The number of alkyl halides is 3. The Morgan fingerprint density at radius 3 is 2.51 bits per heavy atom. The average Bonchev–Trinajstić information content (AvgIpc) is 3.37. The maximum atomic E-state index is 14.3. The predicted octanol–water partition coefficient (Wildman–Crippen LogP) is 4.85. The largest absolute Gasteiger partial charge is 0.490 e. The van der Waals surface area contributed by atoms with Crippen molar-refractivity contribution in [3.8, 4) is 0 Å². The van der Waals surface area contributed by atoms with Crippen molar-refractivity contribution in [3.05, 3.63) is 64.8 Å². The minimum absolute atomic E-state index is 0.0870. The summed E-state index contributed by atoms with van der Waals surface area (Å²) in [5.41, 5.74) is 3.89. The van der Waals surface area contributed by atoms with Gasteiger partial charge in [0.15, 0.2) is 0 Å². The number of ether oxygens (including phenoxy) is 1. The van der Waals surface area contributed by atoms with Crippen molar-refractivity contribution in [2.24, 2.45) is 5.92 Å². The number of carbonyl (C=O) groups excluding carboxylic acids is 2. The van der Waals surface area contributed by atoms with Crippen LogP contribution in [0.15, 0.2) is 48.7 Å². The number of rotatable bonds is 9. The number of carboxylic acid groups (broad SMARTS) is 1. The van der Waals surface area contributed by atoms with Crippen LogP contribution in [0.25, 0.3) is 10.9 Å². The van der Waals surface area contributed by atoms with Crippen molar-refractivity contribution in [3.63, 3.8) is 0 Å². The van der Waals surface area contributed by atoms with E-state index in [0.717, 1.165) is 40.7 Å². The van der Waals surface area contributed by atoms with Gasteiger partial charge in [-0.1, -0.05) is 36.7 Å². The van der Waals surface area contributed by atoms with Gasteiger partial charge in [-0.25, -0.2) is 4.79 Å². The molecule has 43 heavy (non-hydrogen) atoms. The van der Waals surface area contributed by atoms with Crippen molar-refractivity contribution >= 4 is 46.0 Å². The maximum absolute atomic E-state index is 14.3. The van der Waals surface area contributed by atoms with Gasteiger partial charge in [-0.3, -0.25) is 9.59 Å². The van der Waals surface area contributed by atoms with Gasteiger partial charge in [-0.2, -0.15) is 13.2 Å². The molecule has 234 valence electrons. The van der Waals surface area contributed by atoms with Gasteiger partial charge in [0.25, 0.3) is 0 Å². The predicted molar refractivity (Wildman–Crippen MR) is 158 cm³/mol. The van der Waals surface area contributed by atoms with Crippen LogP contribution in [-0.4, -0.2) is 85.4 Å². The summed E-state index contributed by atoms with van der Waals surface area (Å²) in [6.45, 7) is 5.58. The molecule has 1 aromatic heterocycles. The zero-order chi connectivity index (χ0) is 31.9. The summed E-state index contributed by atoms with van der Waals surface area (Å²) in [6.07, 6.45) is -2.31. The van der Waals surface area contributed by atoms with E-state index in [-0.39, 0.29) is 30.3 Å². The Morgan fingerprint density at radius 2 is 1.88 bits per heavy atom. The molecule has 1 aliphatic rings. The van der Waals surface area contributed by atoms with Gasteiger partial charge in [-0.05, 0) is 68.8 Å². The molecule has 0 saturated heterocycles. The molecule has 2 aromatic carbocycles. The third-order valence-corrected chi connectivity index (χ3v) is 7.28. The van der Waals surface area contributed by atoms with Crippen molar-refractivity contribution in [1.82, 2.24) is 15.2 Å². The lowest BCUT2D eigenvalue weighted by Crippen LogP contribution is -2.54. The number of anilines is 1. The molecule has 4 rings (SSSR count). The lowest BCUT2D eigenvalue weighted by molar-refractivity contribution is -0.192. The van der Waals surface area contributed by atoms with Gasteiger partial charge in [0.2, 0.25) is 11.8 Å². The second kappa shape index (κ2) is 14.7. The minimum Gasteiger partial charge on any atom is -0.475 e. The summed E-state index contributed by atoms with van der Waals surface area (Å²) < 4.78 is 37.1. The second-order valence-corrected chi connectivity index (χ2v) is 11.1. The standard InChI is InChI=1S/C28H35ClN4O3.C2HF3O2/c1-5-36-17-26(34)31-27(18(2)23-14-30-24-9-7-6-8-22(23)24)28(35)33-16-19(15-32(3)4)12-20-13-21(29)10-11-25(20)33;3-2(4,5)1(6)7/h6-11,13-14,18-19,27,30H,5,12,15-17H2,1-4H3,(H,31,34);(H,6,7)/t18?,19-,27?;/m1./s1. The molecule has 0 aliphatic carbocycles. The highest BCUT2D eigenvalue weighted by atomic mass is 35.5. The number of fused-ring (bicyclic) bond motifs is 2. The topological polar surface area (TPSA) is 115 Å². The number of para-hydroxylation sites is 1. The Kier molecular flexibility index (Phi) is 11.6. The first-order chi connectivity index (χ1) is 20.2. The number of H-pyrrole nitrogens is 1. The Hall–Kier alpha value is -3.61. The molecule has 13 heteroatoms. The third kappa shape index (κ3) is 8.94. The first-order valence-electron chi connectivity index (χ1n) is 13.7. The third-order valence-electron chi connectivity index (χ3n) is 7.05. The first-order valence-corrected chi connectivity index (χ1v) is 14.1. The zero-order valence-electron chi connectivity index (χ0n) is 24.4. The summed E-state index contributed by atoms with van der Waals surface area (Å²) in [5, 5.41) is 11.8. The van der Waals surface area contributed by atoms with E-state index in [1.807, 2.05) is 81.5 Å². The van der Waals surface area contributed by atoms with E-state index < -0.39 is 18.2 Å². The van der Waals surface area contributed by atoms with Gasteiger partial charge in [-0.15, -0.1) is 0 Å². The Balaban J connectivity index is 0.000000646. The lowest BCUT2D eigenvalue weighted by Gasteiger charge is -2.38. The maximum Gasteiger partial charge on any atom is 0.490 e. The molecule has 2 heterocycles. The number of nitrogens with one attached hydrogen (secondary N) is 2. The van der Waals surface area contributed by atoms with Crippen LogP contribution in [0.1, 0.15) is 30.9 Å². The fourth-order valence-electron chi connectivity index (χ4n) is 5.19. The molecule has 3 N–H and O–H groups in total. The number of aromatic amines is 1. The molecule has 0 saturated carbocycles. The number of benzene rings is 2. The van der Waals surface area contributed by atoms with Crippen LogP contribution in [0, 0.1) is 5.92 Å². The van der Waals surface area contributed by atoms with E-state index in [0.29, 0.717) is 18.2 Å². The van der Waals surface area contributed by atoms with Crippen LogP contribution >= 0.6 is 11.6 Å². The smallest absolute Gasteiger partial charge is 0.475 e. The summed E-state index contributed by atoms with van der Waals surface area (Å²) in [7, 11) is 4.07. The van der Waals surface area contributed by atoms with Crippen molar-refractivity contribution in [1.29, 1.82) is 0 Å². The van der Waals surface area contributed by atoms with Gasteiger partial charge >= 0.3 is 12.1 Å². The lowest BCUT2D eigenvalue weighted by atomic mass is 9.88. The zero-order valence-corrected chi connectivity index (χ0v) is 25.1. The van der Waals surface area contributed by atoms with E-state index >= 15 is 0 Å². The summed E-state index contributed by atoms with van der Waals surface area (Å²) in [4.78, 5) is 43.2. The van der Waals surface area contributed by atoms with E-state index in [9.17, 15) is 22.8 Å². The summed E-state index contributed by atoms with van der Waals surface area (Å²) in [5.74, 6) is -3.22. The average molecular weight is 625 g/mol. The van der Waals surface area contributed by atoms with E-state index in [1.54, 1.807) is 0 Å². The highest BCUT2D eigenvalue weighted by Gasteiger charge is 2.38. The number of carbonyl (C=O) groups is 3. The molecule has 3 atom stereocenters. The van der Waals surface area contributed by atoms with Gasteiger partial charge in [0.05, 0.1) is 0 Å². The first kappa shape index (κ1) is 33.9. The highest BCUT2D eigenvalue weighted by molar-refractivity contribution is 6.30. The van der Waals surface area contributed by atoms with Crippen molar-refractivity contribution < 1.29 is 37.4 Å². The Labute approximate surface area is 252 Å². The minimum atomic E-state index is -5.08. The molecular formula is C30H36ClF3N4O5. The molecule has 9 nitrogen and oxygen atoms in total. The number of carboxylic acids is 1. The molecule has 0 bridgehead atoms. The molecular weight excluding hydrogens is 589 g/mol. The molecule has 0 spiro atoms. The van der Waals surface area contributed by atoms with Crippen LogP contribution in [0.3, 0.4) is 0 Å². The Morgan fingerprint density at radius 1 is 1.21 bits per heavy atom. The quantitative estimate of drug-likeness (QED) is 0.314. The molecule has 0 radical (unpaired) electrons. The molecule has 2 unspecified atom stereocenters. The second-order valence-electron chi connectivity index (χ2n) is 10.6. The van der Waals surface area contributed by atoms with Crippen LogP contribution in [0.2, 0.25) is 5.02 Å². The fourth-order valence-corrected chi connectivity index (χ4v) is 5.38. The number of amides is 2. The van der Waals surface area contributed by atoms with Crippen molar-refractivity contribution in [2.45, 2.75) is 38.4 Å². The highest BCUT2D eigenvalue weighted by Crippen LogP contribution is 2.35. The van der Waals surface area contributed by atoms with Crippen LogP contribution < -0.4 is 10.2 Å². The fraction of sp³-hybridized carbons (Fsp3) is 0.433. The molecule has 1 aliphatic heterocycles. The number of nitrogens with zero attached hydrogens (tertiary/aromatic N) is 2. The van der Waals surface area contributed by atoms with Crippen LogP contribution in [-0.2, 0) is 25.5 Å². The SMILES string of the molecule is CCOCC(=O)NC(C(=O)N1C[C@@H](CN(C)C)Cc2cc(Cl)ccc21)C(C)c1c[nH]c2ccccc12.O=C(O)C(F)(F)F. The summed E-state index contributed by atoms with van der Waals surface area (Å²) >= 11 is 6.32. The monoisotopic (exact) mass is 624 g/mol.